The van der Waals surface area contributed by atoms with Gasteiger partial charge in [0.15, 0.2) is 0 Å². The van der Waals surface area contributed by atoms with Gasteiger partial charge in [0.25, 0.3) is 0 Å². The molecular formula is C12H16F3In. The maximum absolute atomic E-state index is 12.7. The van der Waals surface area contributed by atoms with Crippen molar-refractivity contribution in [1.82, 2.24) is 0 Å². The van der Waals surface area contributed by atoms with Crippen LogP contribution in [-0.4, -0.2) is 21.4 Å². The minimum atomic E-state index is -4.20. The summed E-state index contributed by atoms with van der Waals surface area (Å²) in [5.74, 6) is 0. The van der Waals surface area contributed by atoms with Crippen molar-refractivity contribution in [2.24, 2.45) is 0 Å². The quantitative estimate of drug-likeness (QED) is 0.770. The number of benzene rings is 1. The number of rotatable bonds is 4. The van der Waals surface area contributed by atoms with Crippen molar-refractivity contribution in [2.45, 2.75) is 32.6 Å². The Kier molecular flexibility index (Phi) is 5.22. The van der Waals surface area contributed by atoms with Crippen LogP contribution in [0.2, 0.25) is 8.35 Å². The van der Waals surface area contributed by atoms with Gasteiger partial charge in [-0.3, -0.25) is 0 Å². The molecule has 0 spiro atoms. The average Bonchev–Trinajstić information content (AvgIpc) is 2.25. The van der Waals surface area contributed by atoms with Gasteiger partial charge >= 0.3 is 103 Å². The van der Waals surface area contributed by atoms with Crippen LogP contribution < -0.4 is 0 Å². The van der Waals surface area contributed by atoms with E-state index in [-0.39, 0.29) is 0 Å². The molecule has 0 saturated carbocycles. The first-order valence-corrected chi connectivity index (χ1v) is 12.6. The normalized spacial score (nSPS) is 11.6. The number of halogens is 3. The number of alkyl halides is 3. The molecule has 0 atom stereocenters. The summed E-state index contributed by atoms with van der Waals surface area (Å²) in [6.45, 7) is 4.22. The van der Waals surface area contributed by atoms with Gasteiger partial charge in [0, 0.05) is 0 Å². The van der Waals surface area contributed by atoms with Crippen LogP contribution in [0.1, 0.15) is 25.0 Å². The zero-order valence-corrected chi connectivity index (χ0v) is 12.9. The Morgan fingerprint density at radius 1 is 1.06 bits per heavy atom. The third kappa shape index (κ3) is 3.72. The van der Waals surface area contributed by atoms with Gasteiger partial charge in [0.2, 0.25) is 0 Å². The van der Waals surface area contributed by atoms with Gasteiger partial charge < -0.3 is 0 Å². The summed E-state index contributed by atoms with van der Waals surface area (Å²) in [7, 11) is 0. The van der Waals surface area contributed by atoms with Crippen molar-refractivity contribution in [3.05, 3.63) is 35.4 Å². The fraction of sp³-hybridized carbons (Fsp3) is 0.500. The van der Waals surface area contributed by atoms with Crippen LogP contribution in [0.15, 0.2) is 24.3 Å². The van der Waals surface area contributed by atoms with Crippen molar-refractivity contribution in [3.8, 4) is 0 Å². The molecule has 0 bridgehead atoms. The van der Waals surface area contributed by atoms with Crippen molar-refractivity contribution < 1.29 is 13.2 Å². The van der Waals surface area contributed by atoms with E-state index in [0.717, 1.165) is 12.5 Å². The molecular weight excluding hydrogens is 316 g/mol. The molecule has 1 aromatic rings. The van der Waals surface area contributed by atoms with E-state index in [4.69, 9.17) is 0 Å². The molecule has 1 rings (SSSR count). The van der Waals surface area contributed by atoms with E-state index in [1.807, 2.05) is 0 Å². The molecule has 0 aromatic heterocycles. The van der Waals surface area contributed by atoms with Crippen LogP contribution >= 0.6 is 0 Å². The van der Waals surface area contributed by atoms with Crippen molar-refractivity contribution >= 4 is 21.4 Å². The molecule has 0 aliphatic rings. The molecule has 0 amide bonds. The summed E-state index contributed by atoms with van der Waals surface area (Å²) < 4.78 is 41.2. The first kappa shape index (κ1) is 13.9. The second kappa shape index (κ2) is 5.99. The maximum atomic E-state index is 12.7. The van der Waals surface area contributed by atoms with Gasteiger partial charge in [0.1, 0.15) is 0 Å². The van der Waals surface area contributed by atoms with E-state index in [2.05, 4.69) is 13.8 Å². The topological polar surface area (TPSA) is 0 Å². The van der Waals surface area contributed by atoms with Gasteiger partial charge in [-0.25, -0.2) is 0 Å². The van der Waals surface area contributed by atoms with Gasteiger partial charge in [0.05, 0.1) is 0 Å². The van der Waals surface area contributed by atoms with Crippen molar-refractivity contribution in [3.63, 3.8) is 0 Å². The second-order valence-electron chi connectivity index (χ2n) is 4.04. The fourth-order valence-electron chi connectivity index (χ4n) is 1.86. The van der Waals surface area contributed by atoms with Crippen molar-refractivity contribution in [2.75, 3.05) is 0 Å². The predicted octanol–water partition coefficient (Wildman–Crippen LogP) is 4.32. The zero-order valence-electron chi connectivity index (χ0n) is 9.64. The molecule has 0 unspecified atom stereocenters. The van der Waals surface area contributed by atoms with Crippen LogP contribution in [-0.2, 0) is 10.4 Å². The SMILES string of the molecule is C[CH2][In]([CH2]C)[CH2]c1ccccc1C(F)(F)F. The Hall–Kier alpha value is -0.120. The van der Waals surface area contributed by atoms with Gasteiger partial charge in [-0.15, -0.1) is 0 Å². The molecule has 0 aliphatic heterocycles. The van der Waals surface area contributed by atoms with Crippen LogP contribution in [0.4, 0.5) is 13.2 Å². The molecule has 0 nitrogen and oxygen atoms in total. The second-order valence-corrected chi connectivity index (χ2v) is 14.8. The Labute approximate surface area is 102 Å². The molecule has 0 N–H and O–H groups in total. The molecule has 0 fully saturated rings. The minimum absolute atomic E-state index is 0.432. The molecule has 4 heteroatoms. The molecule has 0 heterocycles. The molecule has 88 valence electrons. The van der Waals surface area contributed by atoms with Gasteiger partial charge in [-0.05, 0) is 0 Å². The summed E-state index contributed by atoms with van der Waals surface area (Å²) in [5.41, 5.74) is 0.0816. The monoisotopic (exact) mass is 332 g/mol. The molecule has 16 heavy (non-hydrogen) atoms. The molecule has 0 aliphatic carbocycles. The summed E-state index contributed by atoms with van der Waals surface area (Å²) in [5, 5.41) is 0. The Morgan fingerprint density at radius 2 is 1.62 bits per heavy atom. The van der Waals surface area contributed by atoms with Crippen molar-refractivity contribution in [1.29, 1.82) is 0 Å². The van der Waals surface area contributed by atoms with E-state index in [0.29, 0.717) is 5.56 Å². The van der Waals surface area contributed by atoms with E-state index >= 15 is 0 Å². The van der Waals surface area contributed by atoms with Gasteiger partial charge in [-0.2, -0.15) is 0 Å². The Balaban J connectivity index is 2.95. The fourth-order valence-corrected chi connectivity index (χ4v) is 7.95. The average molecular weight is 332 g/mol. The summed E-state index contributed by atoms with van der Waals surface area (Å²) >= 11 is -1.71. The Morgan fingerprint density at radius 3 is 2.12 bits per heavy atom. The Bertz CT molecular complexity index is 329. The van der Waals surface area contributed by atoms with E-state index in [1.54, 1.807) is 12.1 Å². The van der Waals surface area contributed by atoms with E-state index < -0.39 is 33.2 Å². The summed E-state index contributed by atoms with van der Waals surface area (Å²) in [4.78, 5) is 0. The van der Waals surface area contributed by atoms with E-state index in [1.165, 1.54) is 12.1 Å². The number of hydrogen-bond acceptors (Lipinski definition) is 0. The zero-order chi connectivity index (χ0) is 12.2. The first-order valence-electron chi connectivity index (χ1n) is 5.64. The van der Waals surface area contributed by atoms with E-state index in [9.17, 15) is 13.2 Å². The predicted molar refractivity (Wildman–Crippen MR) is 61.9 cm³/mol. The molecule has 0 radical (unpaired) electrons. The molecule has 1 aromatic carbocycles. The van der Waals surface area contributed by atoms with Crippen LogP contribution in [0.3, 0.4) is 0 Å². The first-order chi connectivity index (χ1) is 7.49. The third-order valence-corrected chi connectivity index (χ3v) is 12.5. The molecule has 0 saturated heterocycles. The van der Waals surface area contributed by atoms with Crippen LogP contribution in [0.5, 0.6) is 0 Å². The van der Waals surface area contributed by atoms with Crippen LogP contribution in [0.25, 0.3) is 0 Å². The summed E-state index contributed by atoms with van der Waals surface area (Å²) in [6, 6.07) is 6.01. The standard InChI is InChI=1S/C8H6F3.2C2H5.In/c1-6-4-2-3-5-7(6)8(9,10)11;2*1-2;/h2-5H,1H2;2*1H2,2H3;. The number of hydrogen-bond donors (Lipinski definition) is 0. The summed E-state index contributed by atoms with van der Waals surface area (Å²) in [6.07, 6.45) is -4.20. The van der Waals surface area contributed by atoms with Gasteiger partial charge in [-0.1, -0.05) is 0 Å². The third-order valence-electron chi connectivity index (χ3n) is 2.99. The van der Waals surface area contributed by atoms with Crippen LogP contribution in [0, 0.1) is 0 Å².